The zero-order valence-electron chi connectivity index (χ0n) is 15.1. The van der Waals surface area contributed by atoms with Crippen LogP contribution in [-0.2, 0) is 4.79 Å². The number of hydrogen-bond acceptors (Lipinski definition) is 2. The summed E-state index contributed by atoms with van der Waals surface area (Å²) in [6.07, 6.45) is 0. The van der Waals surface area contributed by atoms with E-state index in [0.29, 0.717) is 10.6 Å². The Balaban J connectivity index is 2.19. The highest BCUT2D eigenvalue weighted by Crippen LogP contribution is 2.37. The van der Waals surface area contributed by atoms with E-state index in [2.05, 4.69) is 0 Å². The number of carbonyl (C=O) groups is 1. The third-order valence-electron chi connectivity index (χ3n) is 4.14. The maximum atomic E-state index is 12.2. The molecule has 0 bridgehead atoms. The van der Waals surface area contributed by atoms with Crippen molar-refractivity contribution < 1.29 is 9.90 Å². The van der Waals surface area contributed by atoms with E-state index in [0.717, 1.165) is 27.1 Å². The average molecular weight is 395 g/mol. The first-order valence-corrected chi connectivity index (χ1v) is 9.68. The summed E-state index contributed by atoms with van der Waals surface area (Å²) < 4.78 is 0. The van der Waals surface area contributed by atoms with Crippen LogP contribution >= 0.6 is 23.4 Å². The number of carboxylic acid groups (broad SMARTS) is 1. The SMILES string of the molecule is Cc1ccc(C(=C(Sc2ccc(Cl)cc2)C(=O)O)c2ccc(C)cc2)cc1. The lowest BCUT2D eigenvalue weighted by Gasteiger charge is -2.14. The highest BCUT2D eigenvalue weighted by Gasteiger charge is 2.19. The minimum atomic E-state index is -0.953. The molecule has 0 aliphatic rings. The highest BCUT2D eigenvalue weighted by molar-refractivity contribution is 8.04. The van der Waals surface area contributed by atoms with Crippen molar-refractivity contribution in [3.05, 3.63) is 105 Å². The van der Waals surface area contributed by atoms with Gasteiger partial charge in [0.05, 0.1) is 0 Å². The molecule has 0 saturated heterocycles. The molecule has 0 saturated carbocycles. The summed E-state index contributed by atoms with van der Waals surface area (Å²) in [6, 6.07) is 23.0. The second-order valence-electron chi connectivity index (χ2n) is 6.30. The predicted molar refractivity (Wildman–Crippen MR) is 113 cm³/mol. The van der Waals surface area contributed by atoms with Gasteiger partial charge in [0.2, 0.25) is 0 Å². The van der Waals surface area contributed by atoms with Gasteiger partial charge >= 0.3 is 5.97 Å². The molecular weight excluding hydrogens is 376 g/mol. The fourth-order valence-electron chi connectivity index (χ4n) is 2.69. The number of carboxylic acids is 1. The van der Waals surface area contributed by atoms with Crippen molar-refractivity contribution in [3.63, 3.8) is 0 Å². The van der Waals surface area contributed by atoms with E-state index in [-0.39, 0.29) is 4.91 Å². The summed E-state index contributed by atoms with van der Waals surface area (Å²) in [5.74, 6) is -0.953. The van der Waals surface area contributed by atoms with Gasteiger partial charge in [-0.3, -0.25) is 0 Å². The molecule has 0 aliphatic heterocycles. The number of hydrogen-bond donors (Lipinski definition) is 1. The molecule has 0 aromatic heterocycles. The molecule has 4 heteroatoms. The Hall–Kier alpha value is -2.49. The second-order valence-corrected chi connectivity index (χ2v) is 7.82. The van der Waals surface area contributed by atoms with Gasteiger partial charge in [-0.15, -0.1) is 0 Å². The third-order valence-corrected chi connectivity index (χ3v) is 5.48. The van der Waals surface area contributed by atoms with Gasteiger partial charge in [-0.25, -0.2) is 4.79 Å². The normalized spacial score (nSPS) is 10.5. The zero-order chi connectivity index (χ0) is 19.4. The Kier molecular flexibility index (Phi) is 6.04. The molecule has 0 fully saturated rings. The lowest BCUT2D eigenvalue weighted by atomic mass is 9.96. The molecule has 0 amide bonds. The molecule has 2 nitrogen and oxygen atoms in total. The Morgan fingerprint density at radius 2 is 1.22 bits per heavy atom. The molecule has 0 atom stereocenters. The van der Waals surface area contributed by atoms with Crippen LogP contribution in [0.15, 0.2) is 82.6 Å². The summed E-state index contributed by atoms with van der Waals surface area (Å²) in [7, 11) is 0. The van der Waals surface area contributed by atoms with Crippen LogP contribution in [0.25, 0.3) is 5.57 Å². The fraction of sp³-hybridized carbons (Fsp3) is 0.0870. The molecule has 0 aliphatic carbocycles. The summed E-state index contributed by atoms with van der Waals surface area (Å²) >= 11 is 7.19. The third kappa shape index (κ3) is 4.82. The first kappa shape index (κ1) is 19.3. The molecule has 3 aromatic rings. The molecule has 0 spiro atoms. The quantitative estimate of drug-likeness (QED) is 0.391. The smallest absolute Gasteiger partial charge is 0.343 e. The number of aryl methyl sites for hydroxylation is 2. The van der Waals surface area contributed by atoms with Gasteiger partial charge in [-0.1, -0.05) is 83.0 Å². The van der Waals surface area contributed by atoms with Crippen molar-refractivity contribution in [2.24, 2.45) is 0 Å². The van der Waals surface area contributed by atoms with Gasteiger partial charge in [0.1, 0.15) is 4.91 Å². The van der Waals surface area contributed by atoms with Crippen LogP contribution in [0.2, 0.25) is 5.02 Å². The van der Waals surface area contributed by atoms with E-state index in [1.807, 2.05) is 74.5 Å². The van der Waals surface area contributed by atoms with Crippen LogP contribution in [0.1, 0.15) is 22.3 Å². The monoisotopic (exact) mass is 394 g/mol. The summed E-state index contributed by atoms with van der Waals surface area (Å²) in [4.78, 5) is 13.3. The number of halogens is 1. The molecular formula is C23H19ClO2S. The van der Waals surface area contributed by atoms with Gasteiger partial charge < -0.3 is 5.11 Å². The van der Waals surface area contributed by atoms with Crippen molar-refractivity contribution in [2.75, 3.05) is 0 Å². The van der Waals surface area contributed by atoms with Crippen LogP contribution < -0.4 is 0 Å². The topological polar surface area (TPSA) is 37.3 Å². The van der Waals surface area contributed by atoms with Gasteiger partial charge in [0, 0.05) is 15.5 Å². The minimum absolute atomic E-state index is 0.282. The maximum absolute atomic E-state index is 12.2. The van der Waals surface area contributed by atoms with E-state index in [9.17, 15) is 9.90 Å². The summed E-state index contributed by atoms with van der Waals surface area (Å²) in [5.41, 5.74) is 4.72. The van der Waals surface area contributed by atoms with Crippen molar-refractivity contribution in [1.29, 1.82) is 0 Å². The number of rotatable bonds is 5. The van der Waals surface area contributed by atoms with Crippen LogP contribution in [-0.4, -0.2) is 11.1 Å². The summed E-state index contributed by atoms with van der Waals surface area (Å²) in [5, 5.41) is 10.6. The average Bonchev–Trinajstić information content (AvgIpc) is 2.65. The molecule has 0 heterocycles. The molecule has 27 heavy (non-hydrogen) atoms. The predicted octanol–water partition coefficient (Wildman–Crippen LogP) is 6.59. The number of benzene rings is 3. The van der Waals surface area contributed by atoms with Crippen LogP contribution in [0.3, 0.4) is 0 Å². The maximum Gasteiger partial charge on any atom is 0.343 e. The minimum Gasteiger partial charge on any atom is -0.477 e. The lowest BCUT2D eigenvalue weighted by molar-refractivity contribution is -0.131. The second kappa shape index (κ2) is 8.47. The molecule has 1 N–H and O–H groups in total. The largest absolute Gasteiger partial charge is 0.477 e. The highest BCUT2D eigenvalue weighted by atomic mass is 35.5. The standard InChI is InChI=1S/C23H19ClO2S/c1-15-3-7-17(8-4-15)21(18-9-5-16(2)6-10-18)22(23(25)26)27-20-13-11-19(24)12-14-20/h3-14H,1-2H3,(H,25,26). The molecule has 3 aromatic carbocycles. The lowest BCUT2D eigenvalue weighted by Crippen LogP contribution is -2.03. The molecule has 136 valence electrons. The number of aliphatic carboxylic acids is 1. The first-order chi connectivity index (χ1) is 12.9. The van der Waals surface area contributed by atoms with E-state index < -0.39 is 5.97 Å². The number of thioether (sulfide) groups is 1. The fourth-order valence-corrected chi connectivity index (χ4v) is 3.75. The van der Waals surface area contributed by atoms with E-state index in [4.69, 9.17) is 11.6 Å². The van der Waals surface area contributed by atoms with Crippen molar-refractivity contribution >= 4 is 34.9 Å². The van der Waals surface area contributed by atoms with E-state index in [1.165, 1.54) is 11.8 Å². The molecule has 0 radical (unpaired) electrons. The Labute approximate surface area is 168 Å². The van der Waals surface area contributed by atoms with Crippen LogP contribution in [0.4, 0.5) is 0 Å². The van der Waals surface area contributed by atoms with E-state index in [1.54, 1.807) is 12.1 Å². The van der Waals surface area contributed by atoms with Gasteiger partial charge in [-0.2, -0.15) is 0 Å². The summed E-state index contributed by atoms with van der Waals surface area (Å²) in [6.45, 7) is 4.03. The van der Waals surface area contributed by atoms with Crippen molar-refractivity contribution in [3.8, 4) is 0 Å². The van der Waals surface area contributed by atoms with Gasteiger partial charge in [-0.05, 0) is 49.2 Å². The van der Waals surface area contributed by atoms with Crippen LogP contribution in [0, 0.1) is 13.8 Å². The van der Waals surface area contributed by atoms with Crippen LogP contribution in [0.5, 0.6) is 0 Å². The van der Waals surface area contributed by atoms with Crippen molar-refractivity contribution in [2.45, 2.75) is 18.7 Å². The zero-order valence-corrected chi connectivity index (χ0v) is 16.6. The van der Waals surface area contributed by atoms with Gasteiger partial charge in [0.15, 0.2) is 0 Å². The van der Waals surface area contributed by atoms with Gasteiger partial charge in [0.25, 0.3) is 0 Å². The Morgan fingerprint density at radius 1 is 0.778 bits per heavy atom. The Morgan fingerprint density at radius 3 is 1.63 bits per heavy atom. The Bertz CT molecular complexity index is 925. The molecule has 3 rings (SSSR count). The van der Waals surface area contributed by atoms with Crippen molar-refractivity contribution in [1.82, 2.24) is 0 Å². The van der Waals surface area contributed by atoms with E-state index >= 15 is 0 Å². The molecule has 0 unspecified atom stereocenters. The first-order valence-electron chi connectivity index (χ1n) is 8.49.